The van der Waals surface area contributed by atoms with E-state index in [0.29, 0.717) is 5.69 Å². The molecule has 0 aliphatic carbocycles. The molecule has 0 fully saturated rings. The van der Waals surface area contributed by atoms with E-state index in [1.807, 2.05) is 0 Å². The van der Waals surface area contributed by atoms with Crippen LogP contribution >= 0.6 is 0 Å². The van der Waals surface area contributed by atoms with Crippen LogP contribution in [0.4, 0.5) is 55.0 Å². The van der Waals surface area contributed by atoms with E-state index < -0.39 is 29.1 Å². The molecule has 0 saturated heterocycles. The summed E-state index contributed by atoms with van der Waals surface area (Å²) in [5.41, 5.74) is 0.702. The van der Waals surface area contributed by atoms with Crippen LogP contribution in [0.5, 0.6) is 11.5 Å². The van der Waals surface area contributed by atoms with Gasteiger partial charge in [0.15, 0.2) is 11.6 Å². The summed E-state index contributed by atoms with van der Waals surface area (Å²) in [6, 6.07) is 13.1. The van der Waals surface area contributed by atoms with Crippen molar-refractivity contribution in [3.05, 3.63) is 76.8 Å². The molecule has 0 saturated carbocycles. The topological polar surface area (TPSA) is 111 Å². The van der Waals surface area contributed by atoms with Gasteiger partial charge < -0.3 is 20.1 Å². The Bertz CT molecular complexity index is 1430. The van der Waals surface area contributed by atoms with E-state index in [0.717, 1.165) is 24.3 Å². The molecule has 0 spiro atoms. The third kappa shape index (κ3) is 6.87. The third-order valence-electron chi connectivity index (χ3n) is 4.56. The number of aromatic nitrogens is 2. The molecular weight excluding hydrogens is 512 g/mol. The monoisotopic (exact) mass is 525 g/mol. The standard InChI is InChI=1S/C22H13F6N5O4/c23-21(24,25)36-15-6-1-12(2-7-15)29-19-20(30-13-3-8-16(9-4-13)37-22(26,27)28)32-18-11-14(33(34)35)5-10-17(18)31-19/h1-11H,(H,29,31)(H,30,32). The van der Waals surface area contributed by atoms with Gasteiger partial charge in [-0.05, 0) is 54.6 Å². The molecule has 3 aromatic carbocycles. The predicted molar refractivity (Wildman–Crippen MR) is 119 cm³/mol. The van der Waals surface area contributed by atoms with Gasteiger partial charge in [-0.3, -0.25) is 10.1 Å². The molecule has 0 atom stereocenters. The minimum atomic E-state index is -4.87. The number of ether oxygens (including phenoxy) is 2. The minimum absolute atomic E-state index is 0.0214. The number of nitro groups is 1. The van der Waals surface area contributed by atoms with E-state index in [1.165, 1.54) is 42.5 Å². The average molecular weight is 525 g/mol. The molecule has 9 nitrogen and oxygen atoms in total. The van der Waals surface area contributed by atoms with Gasteiger partial charge in [-0.2, -0.15) is 0 Å². The third-order valence-corrected chi connectivity index (χ3v) is 4.56. The molecule has 4 aromatic rings. The summed E-state index contributed by atoms with van der Waals surface area (Å²) in [6.07, 6.45) is -9.73. The van der Waals surface area contributed by atoms with Crippen LogP contribution in [-0.4, -0.2) is 27.6 Å². The fraction of sp³-hybridized carbons (Fsp3) is 0.0909. The maximum atomic E-state index is 12.4. The second-order valence-corrected chi connectivity index (χ2v) is 7.25. The van der Waals surface area contributed by atoms with Crippen molar-refractivity contribution in [2.75, 3.05) is 10.6 Å². The van der Waals surface area contributed by atoms with Crippen LogP contribution < -0.4 is 20.1 Å². The molecule has 4 rings (SSSR count). The molecule has 0 aliphatic rings. The Morgan fingerprint density at radius 3 is 1.51 bits per heavy atom. The van der Waals surface area contributed by atoms with Gasteiger partial charge in [0.05, 0.1) is 16.0 Å². The van der Waals surface area contributed by atoms with E-state index in [-0.39, 0.29) is 34.0 Å². The summed E-state index contributed by atoms with van der Waals surface area (Å²) in [7, 11) is 0. The summed E-state index contributed by atoms with van der Waals surface area (Å²) in [4.78, 5) is 19.2. The Morgan fingerprint density at radius 2 is 1.11 bits per heavy atom. The molecule has 192 valence electrons. The second kappa shape index (κ2) is 9.67. The number of alkyl halides is 6. The number of anilines is 4. The van der Waals surface area contributed by atoms with Gasteiger partial charge in [0.25, 0.3) is 5.69 Å². The summed E-state index contributed by atoms with van der Waals surface area (Å²) in [5.74, 6) is -0.818. The molecule has 2 N–H and O–H groups in total. The van der Waals surface area contributed by atoms with Crippen LogP contribution in [0, 0.1) is 10.1 Å². The second-order valence-electron chi connectivity index (χ2n) is 7.25. The Labute approximate surface area is 202 Å². The smallest absolute Gasteiger partial charge is 0.406 e. The van der Waals surface area contributed by atoms with Crippen LogP contribution in [0.2, 0.25) is 0 Å². The molecule has 0 unspecified atom stereocenters. The number of nitrogens with one attached hydrogen (secondary N) is 2. The number of non-ortho nitro benzene ring substituents is 1. The largest absolute Gasteiger partial charge is 0.573 e. The van der Waals surface area contributed by atoms with E-state index in [4.69, 9.17) is 0 Å². The molecule has 37 heavy (non-hydrogen) atoms. The van der Waals surface area contributed by atoms with Crippen molar-refractivity contribution in [1.29, 1.82) is 0 Å². The van der Waals surface area contributed by atoms with Gasteiger partial charge in [0.2, 0.25) is 0 Å². The first-order chi connectivity index (χ1) is 17.3. The van der Waals surface area contributed by atoms with Crippen LogP contribution in [-0.2, 0) is 0 Å². The van der Waals surface area contributed by atoms with E-state index in [1.54, 1.807) is 0 Å². The molecule has 1 heterocycles. The average Bonchev–Trinajstić information content (AvgIpc) is 2.79. The molecule has 0 aliphatic heterocycles. The number of rotatable bonds is 7. The maximum Gasteiger partial charge on any atom is 0.573 e. The van der Waals surface area contributed by atoms with Gasteiger partial charge in [-0.1, -0.05) is 0 Å². The molecule has 0 bridgehead atoms. The normalized spacial score (nSPS) is 11.7. The van der Waals surface area contributed by atoms with Crippen molar-refractivity contribution in [2.24, 2.45) is 0 Å². The number of nitro benzene ring substituents is 1. The first-order valence-corrected chi connectivity index (χ1v) is 10.1. The zero-order chi connectivity index (χ0) is 26.8. The fourth-order valence-electron chi connectivity index (χ4n) is 3.08. The first-order valence-electron chi connectivity index (χ1n) is 10.1. The quantitative estimate of drug-likeness (QED) is 0.154. The summed E-state index contributed by atoms with van der Waals surface area (Å²) in [5, 5.41) is 16.9. The highest BCUT2D eigenvalue weighted by Crippen LogP contribution is 2.31. The number of fused-ring (bicyclic) bond motifs is 1. The molecule has 15 heteroatoms. The molecular formula is C22H13F6N5O4. The van der Waals surface area contributed by atoms with Crippen molar-refractivity contribution in [1.82, 2.24) is 9.97 Å². The highest BCUT2D eigenvalue weighted by molar-refractivity contribution is 5.84. The number of benzene rings is 3. The lowest BCUT2D eigenvalue weighted by Crippen LogP contribution is -2.17. The van der Waals surface area contributed by atoms with Crippen molar-refractivity contribution in [2.45, 2.75) is 12.7 Å². The minimum Gasteiger partial charge on any atom is -0.406 e. The Morgan fingerprint density at radius 1 is 0.676 bits per heavy atom. The van der Waals surface area contributed by atoms with Crippen molar-refractivity contribution in [3.8, 4) is 11.5 Å². The van der Waals surface area contributed by atoms with Gasteiger partial charge in [-0.25, -0.2) is 9.97 Å². The summed E-state index contributed by atoms with van der Waals surface area (Å²) in [6.45, 7) is 0. The zero-order valence-electron chi connectivity index (χ0n) is 18.1. The van der Waals surface area contributed by atoms with Crippen molar-refractivity contribution >= 4 is 39.7 Å². The predicted octanol–water partition coefficient (Wildman–Crippen LogP) is 6.82. The van der Waals surface area contributed by atoms with Gasteiger partial charge in [0.1, 0.15) is 11.5 Å². The number of nitrogens with zero attached hydrogens (tertiary/aromatic N) is 3. The van der Waals surface area contributed by atoms with Crippen LogP contribution in [0.15, 0.2) is 66.7 Å². The van der Waals surface area contributed by atoms with Crippen LogP contribution in [0.1, 0.15) is 0 Å². The van der Waals surface area contributed by atoms with Gasteiger partial charge >= 0.3 is 12.7 Å². The lowest BCUT2D eigenvalue weighted by atomic mass is 10.2. The lowest BCUT2D eigenvalue weighted by molar-refractivity contribution is -0.384. The highest BCUT2D eigenvalue weighted by atomic mass is 19.4. The van der Waals surface area contributed by atoms with Crippen molar-refractivity contribution in [3.63, 3.8) is 0 Å². The maximum absolute atomic E-state index is 12.4. The summed E-state index contributed by atoms with van der Waals surface area (Å²) >= 11 is 0. The lowest BCUT2D eigenvalue weighted by Gasteiger charge is -2.15. The van der Waals surface area contributed by atoms with E-state index >= 15 is 0 Å². The highest BCUT2D eigenvalue weighted by Gasteiger charge is 2.31. The zero-order valence-corrected chi connectivity index (χ0v) is 18.1. The van der Waals surface area contributed by atoms with Crippen LogP contribution in [0.25, 0.3) is 11.0 Å². The first kappa shape index (κ1) is 25.3. The van der Waals surface area contributed by atoms with E-state index in [9.17, 15) is 36.5 Å². The van der Waals surface area contributed by atoms with Crippen molar-refractivity contribution < 1.29 is 40.7 Å². The van der Waals surface area contributed by atoms with Gasteiger partial charge in [-0.15, -0.1) is 26.3 Å². The van der Waals surface area contributed by atoms with E-state index in [2.05, 4.69) is 30.1 Å². The number of halogens is 6. The Balaban J connectivity index is 1.67. The number of hydrogen-bond acceptors (Lipinski definition) is 8. The molecule has 0 radical (unpaired) electrons. The van der Waals surface area contributed by atoms with Gasteiger partial charge in [0, 0.05) is 23.5 Å². The SMILES string of the molecule is O=[N+]([O-])c1ccc2nc(Nc3ccc(OC(F)(F)F)cc3)c(Nc3ccc(OC(F)(F)F)cc3)nc2c1. The number of hydrogen-bond donors (Lipinski definition) is 2. The molecule has 0 amide bonds. The van der Waals surface area contributed by atoms with Crippen LogP contribution in [0.3, 0.4) is 0 Å². The fourth-order valence-corrected chi connectivity index (χ4v) is 3.08. The summed E-state index contributed by atoms with van der Waals surface area (Å²) < 4.78 is 82.1. The molecule has 1 aromatic heterocycles. The Kier molecular flexibility index (Phi) is 6.61. The Hall–Kier alpha value is -4.82.